The van der Waals surface area contributed by atoms with Gasteiger partial charge in [0.25, 0.3) is 10.0 Å². The van der Waals surface area contributed by atoms with Crippen LogP contribution in [0.5, 0.6) is 0 Å². The summed E-state index contributed by atoms with van der Waals surface area (Å²) in [6.45, 7) is 8.68. The van der Waals surface area contributed by atoms with Crippen LogP contribution in [-0.4, -0.2) is 37.1 Å². The third-order valence-corrected chi connectivity index (χ3v) is 4.93. The second-order valence-corrected chi connectivity index (χ2v) is 7.66. The molecule has 0 radical (unpaired) electrons. The summed E-state index contributed by atoms with van der Waals surface area (Å²) in [5.74, 6) is 0.744. The standard InChI is InChI=1S/C13H24N4O2S.ClH/c1-10(2)7-17-8-13(15-9-17)20(18,19)16-12-4-5-14-6-11(12)3;/h8-12,14,16H,4-7H2,1-3H3;1H. The van der Waals surface area contributed by atoms with Crippen molar-refractivity contribution in [1.82, 2.24) is 19.6 Å². The molecule has 0 aromatic carbocycles. The zero-order valence-electron chi connectivity index (χ0n) is 12.7. The topological polar surface area (TPSA) is 76.0 Å². The van der Waals surface area contributed by atoms with E-state index in [1.807, 2.05) is 4.57 Å². The number of nitrogens with zero attached hydrogens (tertiary/aromatic N) is 2. The van der Waals surface area contributed by atoms with Crippen molar-refractivity contribution in [2.24, 2.45) is 11.8 Å². The molecule has 122 valence electrons. The number of hydrogen-bond acceptors (Lipinski definition) is 4. The predicted molar refractivity (Wildman–Crippen MR) is 85.1 cm³/mol. The number of sulfonamides is 1. The highest BCUT2D eigenvalue weighted by atomic mass is 35.5. The molecule has 1 aromatic heterocycles. The second-order valence-electron chi connectivity index (χ2n) is 6.00. The third kappa shape index (κ3) is 4.95. The summed E-state index contributed by atoms with van der Waals surface area (Å²) in [5.41, 5.74) is 0. The Balaban J connectivity index is 0.00000220. The van der Waals surface area contributed by atoms with Gasteiger partial charge in [-0.25, -0.2) is 18.1 Å². The second kappa shape index (κ2) is 7.58. The Morgan fingerprint density at radius 2 is 2.24 bits per heavy atom. The molecule has 2 heterocycles. The lowest BCUT2D eigenvalue weighted by Gasteiger charge is -2.29. The average molecular weight is 337 g/mol. The fourth-order valence-corrected chi connectivity index (χ4v) is 3.78. The molecule has 1 aliphatic rings. The number of nitrogens with one attached hydrogen (secondary N) is 2. The molecule has 2 rings (SSSR count). The average Bonchev–Trinajstić information content (AvgIpc) is 2.80. The van der Waals surface area contributed by atoms with E-state index in [0.717, 1.165) is 26.1 Å². The largest absolute Gasteiger partial charge is 0.336 e. The molecule has 1 saturated heterocycles. The summed E-state index contributed by atoms with van der Waals surface area (Å²) in [5, 5.41) is 3.38. The van der Waals surface area contributed by atoms with E-state index >= 15 is 0 Å². The van der Waals surface area contributed by atoms with Gasteiger partial charge in [0.05, 0.1) is 6.33 Å². The van der Waals surface area contributed by atoms with Gasteiger partial charge < -0.3 is 9.88 Å². The predicted octanol–water partition coefficient (Wildman–Crippen LogP) is 1.24. The van der Waals surface area contributed by atoms with Crippen molar-refractivity contribution < 1.29 is 8.42 Å². The monoisotopic (exact) mass is 336 g/mol. The minimum atomic E-state index is -3.52. The Labute approximate surface area is 133 Å². The van der Waals surface area contributed by atoms with Crippen LogP contribution in [0.3, 0.4) is 0 Å². The van der Waals surface area contributed by atoms with Crippen LogP contribution in [0.4, 0.5) is 0 Å². The Bertz CT molecular complexity index is 544. The highest BCUT2D eigenvalue weighted by Crippen LogP contribution is 2.15. The SMILES string of the molecule is CC(C)Cn1cnc(S(=O)(=O)NC2CCNCC2C)c1.Cl. The van der Waals surface area contributed by atoms with E-state index in [9.17, 15) is 8.42 Å². The quantitative estimate of drug-likeness (QED) is 0.848. The van der Waals surface area contributed by atoms with Crippen LogP contribution in [-0.2, 0) is 16.6 Å². The molecule has 0 aliphatic carbocycles. The Kier molecular flexibility index (Phi) is 6.65. The van der Waals surface area contributed by atoms with Crippen molar-refractivity contribution >= 4 is 22.4 Å². The van der Waals surface area contributed by atoms with Crippen molar-refractivity contribution in [2.75, 3.05) is 13.1 Å². The van der Waals surface area contributed by atoms with Crippen molar-refractivity contribution in [2.45, 2.75) is 44.8 Å². The molecule has 2 N–H and O–H groups in total. The first-order chi connectivity index (χ1) is 9.38. The zero-order chi connectivity index (χ0) is 14.8. The molecule has 2 unspecified atom stereocenters. The van der Waals surface area contributed by atoms with Crippen LogP contribution in [0.2, 0.25) is 0 Å². The maximum absolute atomic E-state index is 12.3. The number of rotatable bonds is 5. The van der Waals surface area contributed by atoms with Crippen LogP contribution in [0.15, 0.2) is 17.6 Å². The molecule has 0 saturated carbocycles. The first-order valence-corrected chi connectivity index (χ1v) is 8.61. The minimum Gasteiger partial charge on any atom is -0.336 e. The van der Waals surface area contributed by atoms with Gasteiger partial charge in [-0.1, -0.05) is 20.8 Å². The summed E-state index contributed by atoms with van der Waals surface area (Å²) in [4.78, 5) is 4.03. The van der Waals surface area contributed by atoms with E-state index in [-0.39, 0.29) is 29.4 Å². The zero-order valence-corrected chi connectivity index (χ0v) is 14.4. The molecule has 8 heteroatoms. The Morgan fingerprint density at radius 1 is 1.52 bits per heavy atom. The molecular weight excluding hydrogens is 312 g/mol. The molecular formula is C13H25ClN4O2S. The van der Waals surface area contributed by atoms with Crippen LogP contribution in [0.1, 0.15) is 27.2 Å². The molecule has 1 fully saturated rings. The normalized spacial score (nSPS) is 23.0. The number of imidazole rings is 1. The van der Waals surface area contributed by atoms with Gasteiger partial charge in [0.2, 0.25) is 0 Å². The fraction of sp³-hybridized carbons (Fsp3) is 0.769. The molecule has 0 bridgehead atoms. The van der Waals surface area contributed by atoms with Crippen molar-refractivity contribution in [3.05, 3.63) is 12.5 Å². The molecule has 21 heavy (non-hydrogen) atoms. The summed E-state index contributed by atoms with van der Waals surface area (Å²) in [6, 6.07) is -0.0171. The maximum Gasteiger partial charge on any atom is 0.259 e. The first kappa shape index (κ1) is 18.4. The summed E-state index contributed by atoms with van der Waals surface area (Å²) < 4.78 is 29.3. The lowest BCUT2D eigenvalue weighted by Crippen LogP contribution is -2.48. The van der Waals surface area contributed by atoms with E-state index in [0.29, 0.717) is 5.92 Å². The lowest BCUT2D eigenvalue weighted by molar-refractivity contribution is 0.328. The molecule has 0 spiro atoms. The number of aromatic nitrogens is 2. The van der Waals surface area contributed by atoms with Gasteiger partial charge in [0.15, 0.2) is 5.03 Å². The van der Waals surface area contributed by atoms with Gasteiger partial charge >= 0.3 is 0 Å². The fourth-order valence-electron chi connectivity index (χ4n) is 2.45. The smallest absolute Gasteiger partial charge is 0.259 e. The highest BCUT2D eigenvalue weighted by molar-refractivity contribution is 7.89. The van der Waals surface area contributed by atoms with Crippen LogP contribution in [0, 0.1) is 11.8 Å². The molecule has 1 aliphatic heterocycles. The molecule has 6 nitrogen and oxygen atoms in total. The van der Waals surface area contributed by atoms with Crippen LogP contribution in [0.25, 0.3) is 0 Å². The van der Waals surface area contributed by atoms with Gasteiger partial charge in [-0.3, -0.25) is 0 Å². The minimum absolute atomic E-state index is 0. The molecule has 2 atom stereocenters. The van der Waals surface area contributed by atoms with E-state index in [4.69, 9.17) is 0 Å². The van der Waals surface area contributed by atoms with E-state index in [2.05, 4.69) is 35.8 Å². The van der Waals surface area contributed by atoms with Gasteiger partial charge in [-0.15, -0.1) is 12.4 Å². The van der Waals surface area contributed by atoms with Gasteiger partial charge in [-0.05, 0) is 31.3 Å². The first-order valence-electron chi connectivity index (χ1n) is 7.13. The van der Waals surface area contributed by atoms with Crippen LogP contribution >= 0.6 is 12.4 Å². The van der Waals surface area contributed by atoms with Crippen LogP contribution < -0.4 is 10.0 Å². The van der Waals surface area contributed by atoms with E-state index in [1.54, 1.807) is 12.5 Å². The Hall–Kier alpha value is -0.630. The number of halogens is 1. The third-order valence-electron chi connectivity index (χ3n) is 3.55. The number of piperidine rings is 1. The Morgan fingerprint density at radius 3 is 2.86 bits per heavy atom. The van der Waals surface area contributed by atoms with E-state index < -0.39 is 10.0 Å². The van der Waals surface area contributed by atoms with Crippen molar-refractivity contribution in [1.29, 1.82) is 0 Å². The molecule has 0 amide bonds. The van der Waals surface area contributed by atoms with Crippen molar-refractivity contribution in [3.63, 3.8) is 0 Å². The highest BCUT2D eigenvalue weighted by Gasteiger charge is 2.27. The maximum atomic E-state index is 12.3. The summed E-state index contributed by atoms with van der Waals surface area (Å²) >= 11 is 0. The summed E-state index contributed by atoms with van der Waals surface area (Å²) in [7, 11) is -3.52. The number of hydrogen-bond donors (Lipinski definition) is 2. The van der Waals surface area contributed by atoms with E-state index in [1.165, 1.54) is 0 Å². The summed E-state index contributed by atoms with van der Waals surface area (Å²) in [6.07, 6.45) is 4.00. The lowest BCUT2D eigenvalue weighted by atomic mass is 9.97. The van der Waals surface area contributed by atoms with Crippen molar-refractivity contribution in [3.8, 4) is 0 Å². The molecule has 1 aromatic rings. The van der Waals surface area contributed by atoms with Gasteiger partial charge in [0, 0.05) is 18.8 Å². The van der Waals surface area contributed by atoms with Gasteiger partial charge in [0.1, 0.15) is 0 Å². The van der Waals surface area contributed by atoms with Gasteiger partial charge in [-0.2, -0.15) is 0 Å².